The van der Waals surface area contributed by atoms with Gasteiger partial charge >= 0.3 is 7.56 Å². The molecule has 0 atom stereocenters. The normalized spacial score (nSPS) is 9.55. The predicted octanol–water partition coefficient (Wildman–Crippen LogP) is 0.0234. The smallest absolute Gasteiger partial charge is 0.354 e. The van der Waals surface area contributed by atoms with Gasteiger partial charge in [-0.05, 0) is 11.5 Å². The van der Waals surface area contributed by atoms with Crippen LogP contribution in [0.4, 0.5) is 4.32 Å². The van der Waals surface area contributed by atoms with Gasteiger partial charge < -0.3 is 13.7 Å². The van der Waals surface area contributed by atoms with Gasteiger partial charge in [0.1, 0.15) is 6.29 Å². The first-order valence-electron chi connectivity index (χ1n) is 3.51. The van der Waals surface area contributed by atoms with Crippen molar-refractivity contribution < 1.29 is 9.11 Å². The van der Waals surface area contributed by atoms with E-state index in [-0.39, 0.29) is 0 Å². The second-order valence-corrected chi connectivity index (χ2v) is 2.35. The van der Waals surface area contributed by atoms with Crippen LogP contribution in [-0.2, 0) is 11.3 Å². The van der Waals surface area contributed by atoms with Gasteiger partial charge in [0.05, 0.1) is 0 Å². The topological polar surface area (TPSA) is 22.0 Å². The minimum Gasteiger partial charge on any atom is -0.354 e. The molecular formula is C7H9BFNO. The molecule has 0 aliphatic rings. The Hall–Kier alpha value is -1.06. The van der Waals surface area contributed by atoms with Crippen LogP contribution in [0.3, 0.4) is 0 Å². The standard InChI is InChI=1S/C7H9BFNO/c9-8-7-2-4-10(6-7)3-1-5-11/h2,4-6,8H,1,3H2. The Balaban J connectivity index is 2.50. The van der Waals surface area contributed by atoms with Crippen LogP contribution in [0.25, 0.3) is 0 Å². The highest BCUT2D eigenvalue weighted by molar-refractivity contribution is 6.46. The molecule has 2 nitrogen and oxygen atoms in total. The Morgan fingerprint density at radius 3 is 3.09 bits per heavy atom. The van der Waals surface area contributed by atoms with E-state index in [0.29, 0.717) is 18.4 Å². The van der Waals surface area contributed by atoms with Crippen LogP contribution in [-0.4, -0.2) is 18.4 Å². The summed E-state index contributed by atoms with van der Waals surface area (Å²) in [5.74, 6) is 0. The average molecular weight is 153 g/mol. The second kappa shape index (κ2) is 3.96. The molecule has 0 saturated carbocycles. The first-order valence-corrected chi connectivity index (χ1v) is 3.51. The summed E-state index contributed by atoms with van der Waals surface area (Å²) in [6.07, 6.45) is 4.83. The van der Waals surface area contributed by atoms with Crippen molar-refractivity contribution >= 4 is 19.3 Å². The Morgan fingerprint density at radius 1 is 1.73 bits per heavy atom. The number of nitrogens with zero attached hydrogens (tertiary/aromatic N) is 1. The van der Waals surface area contributed by atoms with Gasteiger partial charge in [-0.25, -0.2) is 0 Å². The van der Waals surface area contributed by atoms with E-state index in [0.717, 1.165) is 6.29 Å². The summed E-state index contributed by atoms with van der Waals surface area (Å²) in [5, 5.41) is 0. The highest BCUT2D eigenvalue weighted by Crippen LogP contribution is 1.89. The number of aromatic nitrogens is 1. The molecule has 0 bridgehead atoms. The minimum absolute atomic E-state index is 0.436. The van der Waals surface area contributed by atoms with E-state index >= 15 is 0 Å². The van der Waals surface area contributed by atoms with E-state index in [1.54, 1.807) is 18.5 Å². The number of aldehydes is 1. The molecule has 1 aromatic rings. The van der Waals surface area contributed by atoms with E-state index in [1.165, 1.54) is 0 Å². The van der Waals surface area contributed by atoms with Gasteiger partial charge in [-0.2, -0.15) is 0 Å². The number of carbonyl (C=O) groups excluding carboxylic acids is 1. The first-order chi connectivity index (χ1) is 5.36. The lowest BCUT2D eigenvalue weighted by Crippen LogP contribution is -2.06. The molecule has 4 heteroatoms. The molecule has 1 aromatic heterocycles. The van der Waals surface area contributed by atoms with E-state index in [2.05, 4.69) is 0 Å². The van der Waals surface area contributed by atoms with Crippen LogP contribution in [0.15, 0.2) is 18.5 Å². The van der Waals surface area contributed by atoms with Gasteiger partial charge in [0.25, 0.3) is 0 Å². The summed E-state index contributed by atoms with van der Waals surface area (Å²) in [7, 11) is -0.436. The number of hydrogen-bond acceptors (Lipinski definition) is 1. The highest BCUT2D eigenvalue weighted by Gasteiger charge is 1.96. The summed E-state index contributed by atoms with van der Waals surface area (Å²) >= 11 is 0. The molecule has 0 radical (unpaired) electrons. The number of hydrogen-bond donors (Lipinski definition) is 0. The monoisotopic (exact) mass is 153 g/mol. The maximum absolute atomic E-state index is 12.0. The first kappa shape index (κ1) is 8.05. The molecule has 0 aromatic carbocycles. The average Bonchev–Trinajstić information content (AvgIpc) is 2.48. The minimum atomic E-state index is -0.436. The van der Waals surface area contributed by atoms with Gasteiger partial charge in [-0.1, -0.05) is 0 Å². The lowest BCUT2D eigenvalue weighted by Gasteiger charge is -1.95. The van der Waals surface area contributed by atoms with Crippen molar-refractivity contribution in [3.63, 3.8) is 0 Å². The third-order valence-corrected chi connectivity index (χ3v) is 1.47. The Bertz CT molecular complexity index is 236. The molecule has 58 valence electrons. The molecule has 11 heavy (non-hydrogen) atoms. The molecule has 0 amide bonds. The van der Waals surface area contributed by atoms with Crippen LogP contribution in [0.2, 0.25) is 0 Å². The Labute approximate surface area is 65.3 Å². The zero-order valence-electron chi connectivity index (χ0n) is 6.16. The van der Waals surface area contributed by atoms with Gasteiger partial charge in [0, 0.05) is 25.4 Å². The van der Waals surface area contributed by atoms with Gasteiger partial charge in [-0.15, -0.1) is 0 Å². The van der Waals surface area contributed by atoms with E-state index < -0.39 is 7.56 Å². The summed E-state index contributed by atoms with van der Waals surface area (Å²) in [4.78, 5) is 9.97. The van der Waals surface area contributed by atoms with Gasteiger partial charge in [-0.3, -0.25) is 0 Å². The van der Waals surface area contributed by atoms with Crippen molar-refractivity contribution in [3.05, 3.63) is 18.5 Å². The van der Waals surface area contributed by atoms with Crippen molar-refractivity contribution in [2.45, 2.75) is 13.0 Å². The zero-order chi connectivity index (χ0) is 8.10. The maximum Gasteiger partial charge on any atom is 0.365 e. The quantitative estimate of drug-likeness (QED) is 0.441. The molecule has 0 aliphatic heterocycles. The zero-order valence-corrected chi connectivity index (χ0v) is 6.16. The number of rotatable bonds is 4. The fraction of sp³-hybridized carbons (Fsp3) is 0.286. The van der Waals surface area contributed by atoms with Crippen LogP contribution >= 0.6 is 0 Å². The van der Waals surface area contributed by atoms with E-state index in [4.69, 9.17) is 0 Å². The molecule has 0 unspecified atom stereocenters. The molecule has 0 aliphatic carbocycles. The summed E-state index contributed by atoms with van der Waals surface area (Å²) < 4.78 is 13.8. The van der Waals surface area contributed by atoms with Crippen LogP contribution in [0.1, 0.15) is 6.42 Å². The summed E-state index contributed by atoms with van der Waals surface area (Å²) in [6.45, 7) is 0.642. The molecule has 1 rings (SSSR count). The van der Waals surface area contributed by atoms with Crippen molar-refractivity contribution in [1.29, 1.82) is 0 Å². The maximum atomic E-state index is 12.0. The molecule has 0 spiro atoms. The van der Waals surface area contributed by atoms with Crippen molar-refractivity contribution in [1.82, 2.24) is 4.57 Å². The van der Waals surface area contributed by atoms with E-state index in [9.17, 15) is 9.11 Å². The Morgan fingerprint density at radius 2 is 2.55 bits per heavy atom. The fourth-order valence-electron chi connectivity index (χ4n) is 0.910. The van der Waals surface area contributed by atoms with Crippen molar-refractivity contribution in [2.75, 3.05) is 0 Å². The third-order valence-electron chi connectivity index (χ3n) is 1.47. The molecule has 0 fully saturated rings. The molecule has 0 saturated heterocycles. The second-order valence-electron chi connectivity index (χ2n) is 2.35. The third kappa shape index (κ3) is 2.22. The number of carbonyl (C=O) groups is 1. The summed E-state index contributed by atoms with van der Waals surface area (Å²) in [5.41, 5.74) is 0.663. The lowest BCUT2D eigenvalue weighted by molar-refractivity contribution is -0.108. The molecule has 1 heterocycles. The van der Waals surface area contributed by atoms with Crippen molar-refractivity contribution in [3.8, 4) is 0 Å². The number of halogens is 1. The lowest BCUT2D eigenvalue weighted by atomic mass is 9.95. The van der Waals surface area contributed by atoms with Crippen molar-refractivity contribution in [2.24, 2.45) is 0 Å². The largest absolute Gasteiger partial charge is 0.365 e. The predicted molar refractivity (Wildman–Crippen MR) is 43.0 cm³/mol. The highest BCUT2D eigenvalue weighted by atomic mass is 19.1. The van der Waals surface area contributed by atoms with Gasteiger partial charge in [0.15, 0.2) is 0 Å². The number of aryl methyl sites for hydroxylation is 1. The summed E-state index contributed by atoms with van der Waals surface area (Å²) in [6, 6.07) is 1.71. The van der Waals surface area contributed by atoms with Crippen LogP contribution < -0.4 is 5.46 Å². The van der Waals surface area contributed by atoms with Crippen LogP contribution in [0.5, 0.6) is 0 Å². The van der Waals surface area contributed by atoms with Gasteiger partial charge in [0.2, 0.25) is 0 Å². The fourth-order valence-corrected chi connectivity index (χ4v) is 0.910. The SMILES string of the molecule is O=CCCn1ccc(BF)c1. The molecular weight excluding hydrogens is 144 g/mol. The Kier molecular flexibility index (Phi) is 2.89. The van der Waals surface area contributed by atoms with Crippen LogP contribution in [0, 0.1) is 0 Å². The van der Waals surface area contributed by atoms with E-state index in [1.807, 2.05) is 4.57 Å². The molecule has 0 N–H and O–H groups in total.